The number of benzene rings is 1. The molecule has 10 heteroatoms. The van der Waals surface area contributed by atoms with E-state index in [-0.39, 0.29) is 17.8 Å². The third kappa shape index (κ3) is 5.31. The molecule has 5 heterocycles. The molecule has 2 unspecified atom stereocenters. The Balaban J connectivity index is 1.32. The van der Waals surface area contributed by atoms with Crippen molar-refractivity contribution in [2.75, 3.05) is 24.5 Å². The smallest absolute Gasteiger partial charge is 0.266 e. The number of rotatable bonds is 7. The fraction of sp³-hybridized carbons (Fsp3) is 0.414. The van der Waals surface area contributed by atoms with Crippen molar-refractivity contribution in [3.63, 3.8) is 0 Å². The molecule has 2 fully saturated rings. The molecule has 2 N–H and O–H groups in total. The summed E-state index contributed by atoms with van der Waals surface area (Å²) in [6, 6.07) is 13.7. The summed E-state index contributed by atoms with van der Waals surface area (Å²) in [5.41, 5.74) is 8.91. The second kappa shape index (κ2) is 10.5. The number of nitrogens with zero attached hydrogens (tertiary/aromatic N) is 6. The Morgan fingerprint density at radius 1 is 1.10 bits per heavy atom. The van der Waals surface area contributed by atoms with Gasteiger partial charge >= 0.3 is 0 Å². The maximum absolute atomic E-state index is 13.9. The molecule has 0 aliphatic carbocycles. The highest BCUT2D eigenvalue weighted by Crippen LogP contribution is 2.36. The molecular formula is C29H33N7O2S. The van der Waals surface area contributed by atoms with Crippen LogP contribution in [0, 0.1) is 6.92 Å². The van der Waals surface area contributed by atoms with Crippen LogP contribution in [0.3, 0.4) is 0 Å². The maximum Gasteiger partial charge on any atom is 0.266 e. The van der Waals surface area contributed by atoms with Crippen molar-refractivity contribution >= 4 is 23.1 Å². The third-order valence-corrected chi connectivity index (χ3v) is 8.54. The SMILES string of the molecule is Cc1csc(C2CCCN2C(=O)c2cc(-c3nnc(C(C)(N)Cc4ccccc4)o3)nc(N3CCCC3)c2)n1. The number of hydrogen-bond acceptors (Lipinski definition) is 9. The minimum atomic E-state index is -0.855. The molecule has 4 aromatic rings. The quantitative estimate of drug-likeness (QED) is 0.350. The average molecular weight is 544 g/mol. The van der Waals surface area contributed by atoms with Gasteiger partial charge in [-0.05, 0) is 63.6 Å². The molecule has 6 rings (SSSR count). The van der Waals surface area contributed by atoms with E-state index in [9.17, 15) is 4.79 Å². The summed E-state index contributed by atoms with van der Waals surface area (Å²) in [6.45, 7) is 6.38. The first kappa shape index (κ1) is 25.6. The summed E-state index contributed by atoms with van der Waals surface area (Å²) in [4.78, 5) is 27.6. The van der Waals surface area contributed by atoms with Crippen LogP contribution in [0.25, 0.3) is 11.6 Å². The lowest BCUT2D eigenvalue weighted by molar-refractivity contribution is 0.0735. The summed E-state index contributed by atoms with van der Waals surface area (Å²) in [7, 11) is 0. The van der Waals surface area contributed by atoms with E-state index in [0.29, 0.717) is 30.1 Å². The van der Waals surface area contributed by atoms with Crippen LogP contribution in [0.5, 0.6) is 0 Å². The van der Waals surface area contributed by atoms with Crippen LogP contribution < -0.4 is 10.6 Å². The van der Waals surface area contributed by atoms with Crippen molar-refractivity contribution in [1.29, 1.82) is 0 Å². The minimum Gasteiger partial charge on any atom is -0.417 e. The van der Waals surface area contributed by atoms with Crippen molar-refractivity contribution < 1.29 is 9.21 Å². The first-order valence-electron chi connectivity index (χ1n) is 13.5. The van der Waals surface area contributed by atoms with E-state index in [1.54, 1.807) is 17.4 Å². The largest absolute Gasteiger partial charge is 0.417 e. The molecule has 0 spiro atoms. The van der Waals surface area contributed by atoms with Gasteiger partial charge in [0.15, 0.2) is 0 Å². The number of carbonyl (C=O) groups excluding carboxylic acids is 1. The van der Waals surface area contributed by atoms with Crippen LogP contribution >= 0.6 is 11.3 Å². The fourth-order valence-corrected chi connectivity index (χ4v) is 6.41. The van der Waals surface area contributed by atoms with Crippen LogP contribution in [-0.2, 0) is 12.0 Å². The standard InChI is InChI=1S/C29H33N7O2S/c1-19-18-39-26(31-19)23-11-8-14-36(23)27(37)21-15-22(32-24(16-21)35-12-6-7-13-35)25-33-34-28(38-25)29(2,30)17-20-9-4-3-5-10-20/h3-5,9-10,15-16,18,23H,6-8,11-14,17,30H2,1-2H3. The van der Waals surface area contributed by atoms with Crippen LogP contribution in [-0.4, -0.2) is 50.6 Å². The Morgan fingerprint density at radius 2 is 1.90 bits per heavy atom. The lowest BCUT2D eigenvalue weighted by Crippen LogP contribution is -2.35. The van der Waals surface area contributed by atoms with E-state index in [0.717, 1.165) is 60.9 Å². The Labute approximate surface area is 232 Å². The number of thiazole rings is 1. The van der Waals surface area contributed by atoms with Crippen LogP contribution in [0.2, 0.25) is 0 Å². The Morgan fingerprint density at radius 3 is 2.64 bits per heavy atom. The lowest BCUT2D eigenvalue weighted by Gasteiger charge is -2.24. The van der Waals surface area contributed by atoms with Crippen molar-refractivity contribution in [2.24, 2.45) is 5.73 Å². The van der Waals surface area contributed by atoms with E-state index < -0.39 is 5.54 Å². The predicted molar refractivity (Wildman–Crippen MR) is 151 cm³/mol. The van der Waals surface area contributed by atoms with Gasteiger partial charge < -0.3 is 20.0 Å². The number of pyridine rings is 1. The summed E-state index contributed by atoms with van der Waals surface area (Å²) >= 11 is 1.62. The molecule has 0 bridgehead atoms. The van der Waals surface area contributed by atoms with Crippen LogP contribution in [0.15, 0.2) is 52.3 Å². The molecule has 9 nitrogen and oxygen atoms in total. The zero-order chi connectivity index (χ0) is 27.0. The molecule has 3 aromatic heterocycles. The third-order valence-electron chi connectivity index (χ3n) is 7.47. The zero-order valence-electron chi connectivity index (χ0n) is 22.3. The summed E-state index contributed by atoms with van der Waals surface area (Å²) in [6.07, 6.45) is 4.62. The summed E-state index contributed by atoms with van der Waals surface area (Å²) < 4.78 is 6.12. The van der Waals surface area contributed by atoms with E-state index in [2.05, 4.69) is 20.1 Å². The van der Waals surface area contributed by atoms with E-state index >= 15 is 0 Å². The van der Waals surface area contributed by atoms with Gasteiger partial charge in [-0.3, -0.25) is 4.79 Å². The van der Waals surface area contributed by atoms with Crippen LogP contribution in [0.1, 0.15) is 71.2 Å². The Kier molecular flexibility index (Phi) is 6.90. The molecule has 2 aliphatic rings. The highest BCUT2D eigenvalue weighted by Gasteiger charge is 2.34. The number of aryl methyl sites for hydroxylation is 1. The molecule has 0 radical (unpaired) electrons. The van der Waals surface area contributed by atoms with Gasteiger partial charge in [-0.25, -0.2) is 9.97 Å². The topological polar surface area (TPSA) is 114 Å². The normalized spacial score (nSPS) is 19.0. The molecule has 39 heavy (non-hydrogen) atoms. The number of nitrogens with two attached hydrogens (primary N) is 1. The predicted octanol–water partition coefficient (Wildman–Crippen LogP) is 4.89. The Hall–Kier alpha value is -3.63. The summed E-state index contributed by atoms with van der Waals surface area (Å²) in [5, 5.41) is 11.6. The zero-order valence-corrected chi connectivity index (χ0v) is 23.2. The molecule has 2 atom stereocenters. The van der Waals surface area contributed by atoms with Crippen molar-refractivity contribution in [1.82, 2.24) is 25.1 Å². The van der Waals surface area contributed by atoms with Crippen LogP contribution in [0.4, 0.5) is 5.82 Å². The molecule has 0 saturated carbocycles. The van der Waals surface area contributed by atoms with Crippen molar-refractivity contribution in [3.05, 3.63) is 75.6 Å². The monoisotopic (exact) mass is 543 g/mol. The lowest BCUT2D eigenvalue weighted by atomic mass is 9.94. The van der Waals surface area contributed by atoms with Gasteiger partial charge in [0.2, 0.25) is 5.89 Å². The van der Waals surface area contributed by atoms with E-state index in [1.807, 2.05) is 60.5 Å². The van der Waals surface area contributed by atoms with Gasteiger partial charge in [0.1, 0.15) is 16.5 Å². The molecule has 202 valence electrons. The van der Waals surface area contributed by atoms with E-state index in [4.69, 9.17) is 15.1 Å². The fourth-order valence-electron chi connectivity index (χ4n) is 5.47. The summed E-state index contributed by atoms with van der Waals surface area (Å²) in [5.74, 6) is 1.33. The highest BCUT2D eigenvalue weighted by molar-refractivity contribution is 7.09. The van der Waals surface area contributed by atoms with Crippen molar-refractivity contribution in [3.8, 4) is 11.6 Å². The van der Waals surface area contributed by atoms with Gasteiger partial charge in [0.05, 0.1) is 11.6 Å². The van der Waals surface area contributed by atoms with Gasteiger partial charge in [0, 0.05) is 36.3 Å². The maximum atomic E-state index is 13.9. The van der Waals surface area contributed by atoms with Gasteiger partial charge in [-0.2, -0.15) is 0 Å². The van der Waals surface area contributed by atoms with Gasteiger partial charge in [0.25, 0.3) is 11.8 Å². The van der Waals surface area contributed by atoms with Gasteiger partial charge in [-0.1, -0.05) is 30.3 Å². The van der Waals surface area contributed by atoms with E-state index in [1.165, 1.54) is 0 Å². The van der Waals surface area contributed by atoms with Crippen molar-refractivity contribution in [2.45, 2.75) is 57.5 Å². The number of amides is 1. The molecule has 2 saturated heterocycles. The number of aromatic nitrogens is 4. The first-order valence-corrected chi connectivity index (χ1v) is 14.4. The molecule has 2 aliphatic heterocycles. The second-order valence-electron chi connectivity index (χ2n) is 10.8. The Bertz CT molecular complexity index is 1460. The number of anilines is 1. The molecule has 1 aromatic carbocycles. The van der Waals surface area contributed by atoms with Gasteiger partial charge in [-0.15, -0.1) is 21.5 Å². The molecule has 1 amide bonds. The molecular weight excluding hydrogens is 510 g/mol. The highest BCUT2D eigenvalue weighted by atomic mass is 32.1. The number of hydrogen-bond donors (Lipinski definition) is 1. The second-order valence-corrected chi connectivity index (χ2v) is 11.7. The number of carbonyl (C=O) groups is 1. The number of likely N-dealkylation sites (tertiary alicyclic amines) is 1. The average Bonchev–Trinajstić information content (AvgIpc) is 3.74. The minimum absolute atomic E-state index is 0.00556. The first-order chi connectivity index (χ1) is 18.9.